The third-order valence-electron chi connectivity index (χ3n) is 3.14. The van der Waals surface area contributed by atoms with Crippen molar-refractivity contribution >= 4 is 17.8 Å². The average Bonchev–Trinajstić information content (AvgIpc) is 2.71. The number of benzene rings is 1. The molecule has 1 aromatic rings. The summed E-state index contributed by atoms with van der Waals surface area (Å²) in [5.41, 5.74) is 6.93. The molecule has 18 heavy (non-hydrogen) atoms. The highest BCUT2D eigenvalue weighted by atomic mass is 19.1. The van der Waals surface area contributed by atoms with Crippen molar-refractivity contribution in [1.82, 2.24) is 0 Å². The van der Waals surface area contributed by atoms with Gasteiger partial charge in [0, 0.05) is 12.6 Å². The highest BCUT2D eigenvalue weighted by molar-refractivity contribution is 5.81. The minimum absolute atomic E-state index is 0.0222. The number of rotatable bonds is 4. The van der Waals surface area contributed by atoms with Crippen LogP contribution >= 0.6 is 0 Å². The summed E-state index contributed by atoms with van der Waals surface area (Å²) in [6.07, 6.45) is 1.18. The molecule has 0 saturated carbocycles. The Bertz CT molecular complexity index is 441. The molecule has 1 aliphatic heterocycles. The summed E-state index contributed by atoms with van der Waals surface area (Å²) in [6, 6.07) is 4.03. The standard InChI is InChI=1S/C12H16FN3O2/c13-8-1-2-12(11(3-8)15-7-18)16-5-9(14)4-10(16)6-17/h1-3,7,9-10,17H,4-6,14H2,(H,15,18). The third kappa shape index (κ3) is 2.44. The molecule has 1 heterocycles. The largest absolute Gasteiger partial charge is 0.394 e. The van der Waals surface area contributed by atoms with Gasteiger partial charge in [0.15, 0.2) is 0 Å². The number of nitrogens with zero attached hydrogens (tertiary/aromatic N) is 1. The minimum atomic E-state index is -0.424. The zero-order valence-corrected chi connectivity index (χ0v) is 9.84. The Morgan fingerprint density at radius 3 is 3.06 bits per heavy atom. The molecule has 98 valence electrons. The quantitative estimate of drug-likeness (QED) is 0.674. The highest BCUT2D eigenvalue weighted by Crippen LogP contribution is 2.32. The molecule has 0 spiro atoms. The first-order valence-corrected chi connectivity index (χ1v) is 5.78. The van der Waals surface area contributed by atoms with Gasteiger partial charge >= 0.3 is 0 Å². The number of amides is 1. The van der Waals surface area contributed by atoms with E-state index in [1.54, 1.807) is 6.07 Å². The van der Waals surface area contributed by atoms with Crippen molar-refractivity contribution < 1.29 is 14.3 Å². The predicted octanol–water partition coefficient (Wildman–Crippen LogP) is 0.292. The molecule has 0 radical (unpaired) electrons. The number of halogens is 1. The number of aliphatic hydroxyl groups is 1. The second kappa shape index (κ2) is 5.32. The topological polar surface area (TPSA) is 78.6 Å². The molecule has 4 N–H and O–H groups in total. The maximum absolute atomic E-state index is 13.2. The van der Waals surface area contributed by atoms with E-state index in [0.717, 1.165) is 0 Å². The van der Waals surface area contributed by atoms with Gasteiger partial charge < -0.3 is 21.1 Å². The van der Waals surface area contributed by atoms with E-state index in [2.05, 4.69) is 5.32 Å². The first-order valence-electron chi connectivity index (χ1n) is 5.78. The number of nitrogens with two attached hydrogens (primary N) is 1. The number of hydrogen-bond donors (Lipinski definition) is 3. The molecule has 5 nitrogen and oxygen atoms in total. The Hall–Kier alpha value is -1.66. The molecular formula is C12H16FN3O2. The van der Waals surface area contributed by atoms with Crippen LogP contribution in [-0.2, 0) is 4.79 Å². The van der Waals surface area contributed by atoms with Crippen molar-refractivity contribution in [3.8, 4) is 0 Å². The van der Waals surface area contributed by atoms with E-state index >= 15 is 0 Å². The van der Waals surface area contributed by atoms with Gasteiger partial charge in [-0.05, 0) is 24.6 Å². The van der Waals surface area contributed by atoms with Crippen LogP contribution in [0.15, 0.2) is 18.2 Å². The van der Waals surface area contributed by atoms with E-state index < -0.39 is 5.82 Å². The summed E-state index contributed by atoms with van der Waals surface area (Å²) < 4.78 is 13.2. The fourth-order valence-electron chi connectivity index (χ4n) is 2.36. The molecule has 0 aromatic heterocycles. The second-order valence-electron chi connectivity index (χ2n) is 4.41. The van der Waals surface area contributed by atoms with E-state index in [0.29, 0.717) is 30.8 Å². The fraction of sp³-hybridized carbons (Fsp3) is 0.417. The van der Waals surface area contributed by atoms with Crippen LogP contribution in [0.2, 0.25) is 0 Å². The first kappa shape index (κ1) is 12.8. The molecule has 2 atom stereocenters. The lowest BCUT2D eigenvalue weighted by Crippen LogP contribution is -2.33. The van der Waals surface area contributed by atoms with E-state index in [4.69, 9.17) is 5.73 Å². The van der Waals surface area contributed by atoms with E-state index in [1.165, 1.54) is 12.1 Å². The first-order chi connectivity index (χ1) is 8.65. The molecule has 2 unspecified atom stereocenters. The maximum Gasteiger partial charge on any atom is 0.211 e. The Balaban J connectivity index is 2.34. The normalized spacial score (nSPS) is 23.2. The van der Waals surface area contributed by atoms with Gasteiger partial charge in [0.05, 0.1) is 24.0 Å². The lowest BCUT2D eigenvalue weighted by Gasteiger charge is -2.27. The summed E-state index contributed by atoms with van der Waals surface area (Å²) >= 11 is 0. The zero-order chi connectivity index (χ0) is 13.1. The summed E-state index contributed by atoms with van der Waals surface area (Å²) in [5, 5.41) is 11.8. The fourth-order valence-corrected chi connectivity index (χ4v) is 2.36. The lowest BCUT2D eigenvalue weighted by molar-refractivity contribution is -0.105. The second-order valence-corrected chi connectivity index (χ2v) is 4.41. The molecular weight excluding hydrogens is 237 g/mol. The van der Waals surface area contributed by atoms with Gasteiger partial charge in [0.25, 0.3) is 0 Å². The van der Waals surface area contributed by atoms with Gasteiger partial charge in [-0.15, -0.1) is 0 Å². The van der Waals surface area contributed by atoms with Crippen LogP contribution in [0.4, 0.5) is 15.8 Å². The van der Waals surface area contributed by atoms with Gasteiger partial charge in [0.2, 0.25) is 6.41 Å². The molecule has 1 saturated heterocycles. The Labute approximate surface area is 104 Å². The molecule has 0 aliphatic carbocycles. The molecule has 6 heteroatoms. The number of carbonyl (C=O) groups excluding carboxylic acids is 1. The van der Waals surface area contributed by atoms with Crippen molar-refractivity contribution in [2.45, 2.75) is 18.5 Å². The predicted molar refractivity (Wildman–Crippen MR) is 66.9 cm³/mol. The summed E-state index contributed by atoms with van der Waals surface area (Å²) in [5.74, 6) is -0.424. The van der Waals surface area contributed by atoms with Crippen LogP contribution in [-0.4, -0.2) is 36.8 Å². The van der Waals surface area contributed by atoms with E-state index in [1.807, 2.05) is 4.90 Å². The number of anilines is 2. The lowest BCUT2D eigenvalue weighted by atomic mass is 10.2. The van der Waals surface area contributed by atoms with Crippen molar-refractivity contribution in [2.75, 3.05) is 23.4 Å². The van der Waals surface area contributed by atoms with Crippen molar-refractivity contribution in [3.05, 3.63) is 24.0 Å². The minimum Gasteiger partial charge on any atom is -0.394 e. The van der Waals surface area contributed by atoms with Gasteiger partial charge in [-0.25, -0.2) is 4.39 Å². The van der Waals surface area contributed by atoms with Gasteiger partial charge in [0.1, 0.15) is 5.82 Å². The van der Waals surface area contributed by atoms with Crippen molar-refractivity contribution in [3.63, 3.8) is 0 Å². The monoisotopic (exact) mass is 253 g/mol. The molecule has 1 amide bonds. The number of carbonyl (C=O) groups is 1. The average molecular weight is 253 g/mol. The number of aliphatic hydroxyl groups excluding tert-OH is 1. The van der Waals surface area contributed by atoms with Crippen LogP contribution in [0, 0.1) is 5.82 Å². The van der Waals surface area contributed by atoms with Crippen LogP contribution in [0.3, 0.4) is 0 Å². The SMILES string of the molecule is NC1CC(CO)N(c2ccc(F)cc2NC=O)C1. The molecule has 2 rings (SSSR count). The van der Waals surface area contributed by atoms with E-state index in [9.17, 15) is 14.3 Å². The van der Waals surface area contributed by atoms with Crippen molar-refractivity contribution in [2.24, 2.45) is 5.73 Å². The smallest absolute Gasteiger partial charge is 0.211 e. The van der Waals surface area contributed by atoms with Crippen LogP contribution in [0.25, 0.3) is 0 Å². The highest BCUT2D eigenvalue weighted by Gasteiger charge is 2.30. The molecule has 0 bridgehead atoms. The van der Waals surface area contributed by atoms with Crippen LogP contribution in [0.5, 0.6) is 0 Å². The number of nitrogens with one attached hydrogen (secondary N) is 1. The van der Waals surface area contributed by atoms with Crippen LogP contribution in [0.1, 0.15) is 6.42 Å². The van der Waals surface area contributed by atoms with Gasteiger partial charge in [-0.3, -0.25) is 4.79 Å². The number of hydrogen-bond acceptors (Lipinski definition) is 4. The maximum atomic E-state index is 13.2. The van der Waals surface area contributed by atoms with E-state index in [-0.39, 0.29) is 18.7 Å². The summed E-state index contributed by atoms with van der Waals surface area (Å²) in [6.45, 7) is 0.552. The summed E-state index contributed by atoms with van der Waals surface area (Å²) in [4.78, 5) is 12.4. The summed E-state index contributed by atoms with van der Waals surface area (Å²) in [7, 11) is 0. The molecule has 1 aliphatic rings. The van der Waals surface area contributed by atoms with Crippen molar-refractivity contribution in [1.29, 1.82) is 0 Å². The molecule has 1 aromatic carbocycles. The Morgan fingerprint density at radius 1 is 1.61 bits per heavy atom. The van der Waals surface area contributed by atoms with Gasteiger partial charge in [-0.2, -0.15) is 0 Å². The van der Waals surface area contributed by atoms with Crippen LogP contribution < -0.4 is 16.0 Å². The Kier molecular flexibility index (Phi) is 3.78. The third-order valence-corrected chi connectivity index (χ3v) is 3.14. The zero-order valence-electron chi connectivity index (χ0n) is 9.84. The molecule has 1 fully saturated rings. The van der Waals surface area contributed by atoms with Gasteiger partial charge in [-0.1, -0.05) is 0 Å². The Morgan fingerprint density at radius 2 is 2.39 bits per heavy atom.